The highest BCUT2D eigenvalue weighted by Gasteiger charge is 2.07. The normalized spacial score (nSPS) is 10.6. The number of carbonyl (C=O) groups is 1. The van der Waals surface area contributed by atoms with Crippen LogP contribution in [0.4, 0.5) is 5.69 Å². The third-order valence-corrected chi connectivity index (χ3v) is 4.26. The average molecular weight is 373 g/mol. The molecule has 28 heavy (non-hydrogen) atoms. The lowest BCUT2D eigenvalue weighted by Gasteiger charge is -2.08. The Balaban J connectivity index is 1.35. The number of hydrogen-bond donors (Lipinski definition) is 2. The summed E-state index contributed by atoms with van der Waals surface area (Å²) in [5.74, 6) is 1.92. The van der Waals surface area contributed by atoms with Crippen LogP contribution in [0.5, 0.6) is 11.5 Å². The van der Waals surface area contributed by atoms with Gasteiger partial charge in [0.1, 0.15) is 17.3 Å². The predicted molar refractivity (Wildman–Crippen MR) is 109 cm³/mol. The molecular formula is C22H19N3O3. The zero-order valence-corrected chi connectivity index (χ0v) is 15.3. The molecule has 6 nitrogen and oxygen atoms in total. The first-order chi connectivity index (χ1) is 13.7. The monoisotopic (exact) mass is 373 g/mol. The van der Waals surface area contributed by atoms with E-state index in [2.05, 4.69) is 15.3 Å². The molecule has 0 radical (unpaired) electrons. The van der Waals surface area contributed by atoms with Gasteiger partial charge >= 0.3 is 0 Å². The second-order valence-electron chi connectivity index (χ2n) is 6.19. The van der Waals surface area contributed by atoms with Gasteiger partial charge in [0.25, 0.3) is 5.91 Å². The van der Waals surface area contributed by atoms with Crippen LogP contribution >= 0.6 is 0 Å². The van der Waals surface area contributed by atoms with Crippen molar-refractivity contribution in [1.29, 1.82) is 0 Å². The molecular weight excluding hydrogens is 354 g/mol. The molecule has 0 fully saturated rings. The number of nitrogens with zero attached hydrogens (tertiary/aromatic N) is 1. The number of aromatic amines is 1. The van der Waals surface area contributed by atoms with E-state index in [1.165, 1.54) is 0 Å². The highest BCUT2D eigenvalue weighted by Crippen LogP contribution is 2.23. The minimum absolute atomic E-state index is 0.0734. The van der Waals surface area contributed by atoms with Crippen molar-refractivity contribution in [2.75, 3.05) is 19.0 Å². The smallest absolute Gasteiger partial charge is 0.262 e. The largest absolute Gasteiger partial charge is 0.497 e. The summed E-state index contributed by atoms with van der Waals surface area (Å²) in [6.45, 7) is -0.0734. The van der Waals surface area contributed by atoms with Gasteiger partial charge in [-0.1, -0.05) is 12.1 Å². The Hall–Kier alpha value is -3.80. The van der Waals surface area contributed by atoms with Gasteiger partial charge in [0.2, 0.25) is 0 Å². The number of benzene rings is 3. The summed E-state index contributed by atoms with van der Waals surface area (Å²) in [7, 11) is 1.60. The molecule has 1 amide bonds. The lowest BCUT2D eigenvalue weighted by atomic mass is 10.2. The van der Waals surface area contributed by atoms with E-state index < -0.39 is 0 Å². The minimum Gasteiger partial charge on any atom is -0.497 e. The van der Waals surface area contributed by atoms with Gasteiger partial charge in [-0.15, -0.1) is 0 Å². The Kier molecular flexibility index (Phi) is 4.93. The van der Waals surface area contributed by atoms with Gasteiger partial charge < -0.3 is 19.8 Å². The first-order valence-corrected chi connectivity index (χ1v) is 8.83. The summed E-state index contributed by atoms with van der Waals surface area (Å²) < 4.78 is 10.7. The van der Waals surface area contributed by atoms with Crippen LogP contribution in [0, 0.1) is 0 Å². The Morgan fingerprint density at radius 1 is 0.964 bits per heavy atom. The van der Waals surface area contributed by atoms with Crippen molar-refractivity contribution in [3.8, 4) is 22.9 Å². The number of rotatable bonds is 6. The number of H-pyrrole nitrogens is 1. The second-order valence-corrected chi connectivity index (χ2v) is 6.19. The molecule has 1 aromatic heterocycles. The van der Waals surface area contributed by atoms with E-state index in [1.807, 2.05) is 48.5 Å². The molecule has 2 N–H and O–H groups in total. The fourth-order valence-corrected chi connectivity index (χ4v) is 2.82. The summed E-state index contributed by atoms with van der Waals surface area (Å²) >= 11 is 0. The first-order valence-electron chi connectivity index (χ1n) is 8.83. The zero-order chi connectivity index (χ0) is 19.3. The van der Waals surface area contributed by atoms with Crippen LogP contribution in [0.15, 0.2) is 72.8 Å². The van der Waals surface area contributed by atoms with Crippen molar-refractivity contribution < 1.29 is 14.3 Å². The van der Waals surface area contributed by atoms with Crippen LogP contribution in [0.3, 0.4) is 0 Å². The number of fused-ring (bicyclic) bond motifs is 1. The second kappa shape index (κ2) is 7.84. The van der Waals surface area contributed by atoms with E-state index in [0.29, 0.717) is 11.4 Å². The van der Waals surface area contributed by atoms with Crippen molar-refractivity contribution in [3.05, 3.63) is 72.8 Å². The third-order valence-electron chi connectivity index (χ3n) is 4.26. The van der Waals surface area contributed by atoms with Gasteiger partial charge in [-0.2, -0.15) is 0 Å². The van der Waals surface area contributed by atoms with Crippen LogP contribution in [-0.4, -0.2) is 29.6 Å². The Bertz CT molecular complexity index is 1050. The Morgan fingerprint density at radius 3 is 2.39 bits per heavy atom. The van der Waals surface area contributed by atoms with Crippen molar-refractivity contribution in [3.63, 3.8) is 0 Å². The van der Waals surface area contributed by atoms with Gasteiger partial charge in [-0.25, -0.2) is 4.98 Å². The number of para-hydroxylation sites is 2. The first kappa shape index (κ1) is 17.6. The third kappa shape index (κ3) is 3.96. The van der Waals surface area contributed by atoms with Crippen molar-refractivity contribution in [2.24, 2.45) is 0 Å². The molecule has 0 atom stereocenters. The number of hydrogen-bond acceptors (Lipinski definition) is 4. The fourth-order valence-electron chi connectivity index (χ4n) is 2.82. The number of amides is 1. The summed E-state index contributed by atoms with van der Waals surface area (Å²) in [5, 5.41) is 2.78. The number of ether oxygens (including phenoxy) is 2. The molecule has 0 saturated carbocycles. The van der Waals surface area contributed by atoms with Crippen molar-refractivity contribution in [2.45, 2.75) is 0 Å². The quantitative estimate of drug-likeness (QED) is 0.530. The minimum atomic E-state index is -0.230. The van der Waals surface area contributed by atoms with Gasteiger partial charge in [-0.3, -0.25) is 4.79 Å². The highest BCUT2D eigenvalue weighted by atomic mass is 16.5. The standard InChI is InChI=1S/C22H19N3O3/c1-27-17-12-8-16(9-13-17)23-21(26)14-28-18-10-6-15(7-11-18)22-24-19-4-2-3-5-20(19)25-22/h2-13H,14H2,1H3,(H,23,26)(H,24,25). The predicted octanol–water partition coefficient (Wildman–Crippen LogP) is 4.26. The molecule has 0 saturated heterocycles. The maximum absolute atomic E-state index is 12.0. The Labute approximate surface area is 162 Å². The fraction of sp³-hybridized carbons (Fsp3) is 0.0909. The summed E-state index contributed by atoms with van der Waals surface area (Å²) in [5.41, 5.74) is 3.56. The van der Waals surface area contributed by atoms with Gasteiger partial charge in [0.15, 0.2) is 6.61 Å². The lowest BCUT2D eigenvalue weighted by Crippen LogP contribution is -2.20. The zero-order valence-electron chi connectivity index (χ0n) is 15.3. The van der Waals surface area contributed by atoms with Crippen molar-refractivity contribution in [1.82, 2.24) is 9.97 Å². The van der Waals surface area contributed by atoms with Gasteiger partial charge in [0.05, 0.1) is 18.1 Å². The topological polar surface area (TPSA) is 76.2 Å². The molecule has 0 unspecified atom stereocenters. The van der Waals surface area contributed by atoms with Crippen molar-refractivity contribution >= 4 is 22.6 Å². The van der Waals surface area contributed by atoms with Crippen LogP contribution in [0.2, 0.25) is 0 Å². The summed E-state index contributed by atoms with van der Waals surface area (Å²) in [6, 6.07) is 22.5. The number of nitrogens with one attached hydrogen (secondary N) is 2. The number of aromatic nitrogens is 2. The lowest BCUT2D eigenvalue weighted by molar-refractivity contribution is -0.118. The van der Waals surface area contributed by atoms with Crippen LogP contribution in [0.25, 0.3) is 22.4 Å². The van der Waals surface area contributed by atoms with E-state index >= 15 is 0 Å². The molecule has 0 bridgehead atoms. The molecule has 0 spiro atoms. The number of anilines is 1. The van der Waals surface area contributed by atoms with E-state index in [0.717, 1.165) is 28.2 Å². The summed E-state index contributed by atoms with van der Waals surface area (Å²) in [6.07, 6.45) is 0. The van der Waals surface area contributed by atoms with Gasteiger partial charge in [-0.05, 0) is 60.7 Å². The molecule has 0 aliphatic rings. The molecule has 0 aliphatic heterocycles. The molecule has 4 aromatic rings. The van der Waals surface area contributed by atoms with Gasteiger partial charge in [0, 0.05) is 11.3 Å². The maximum atomic E-state index is 12.0. The molecule has 6 heteroatoms. The van der Waals surface area contributed by atoms with E-state index in [9.17, 15) is 4.79 Å². The molecule has 3 aromatic carbocycles. The molecule has 1 heterocycles. The SMILES string of the molecule is COc1ccc(NC(=O)COc2ccc(-c3nc4ccccc4[nH]3)cc2)cc1. The van der Waals surface area contributed by atoms with E-state index in [4.69, 9.17) is 9.47 Å². The molecule has 140 valence electrons. The number of carbonyl (C=O) groups excluding carboxylic acids is 1. The number of methoxy groups -OCH3 is 1. The molecule has 4 rings (SSSR count). The highest BCUT2D eigenvalue weighted by molar-refractivity contribution is 5.91. The van der Waals surface area contributed by atoms with E-state index in [1.54, 1.807) is 31.4 Å². The van der Waals surface area contributed by atoms with Crippen LogP contribution in [-0.2, 0) is 4.79 Å². The number of imidazole rings is 1. The average Bonchev–Trinajstić information content (AvgIpc) is 3.17. The van der Waals surface area contributed by atoms with E-state index in [-0.39, 0.29) is 12.5 Å². The Morgan fingerprint density at radius 2 is 1.68 bits per heavy atom. The summed E-state index contributed by atoms with van der Waals surface area (Å²) in [4.78, 5) is 19.9. The van der Waals surface area contributed by atoms with Crippen LogP contribution < -0.4 is 14.8 Å². The van der Waals surface area contributed by atoms with Crippen LogP contribution in [0.1, 0.15) is 0 Å². The molecule has 0 aliphatic carbocycles. The maximum Gasteiger partial charge on any atom is 0.262 e.